The third kappa shape index (κ3) is 2.17. The summed E-state index contributed by atoms with van der Waals surface area (Å²) in [6.45, 7) is 1.63. The minimum atomic E-state index is -4.58. The van der Waals surface area contributed by atoms with Crippen molar-refractivity contribution in [3.05, 3.63) is 34.2 Å². The highest BCUT2D eigenvalue weighted by atomic mass is 32.2. The molecule has 3 nitrogen and oxygen atoms in total. The fraction of sp³-hybridized carbons (Fsp3) is 0.333. The lowest BCUT2D eigenvalue weighted by Gasteiger charge is -2.10. The zero-order valence-corrected chi connectivity index (χ0v) is 10.8. The molecule has 1 heterocycles. The number of hydrogen-bond donors (Lipinski definition) is 1. The van der Waals surface area contributed by atoms with Gasteiger partial charge in [-0.15, -0.1) is 0 Å². The molecule has 1 unspecified atom stereocenters. The number of sulfone groups is 1. The lowest BCUT2D eigenvalue weighted by molar-refractivity contribution is -0.137. The molecule has 2 N–H and O–H groups in total. The van der Waals surface area contributed by atoms with Gasteiger partial charge in [0.1, 0.15) is 0 Å². The van der Waals surface area contributed by atoms with Gasteiger partial charge in [-0.1, -0.05) is 13.0 Å². The van der Waals surface area contributed by atoms with Crippen LogP contribution < -0.4 is 5.73 Å². The number of rotatable bonds is 2. The Morgan fingerprint density at radius 3 is 2.47 bits per heavy atom. The second-order valence-corrected chi connectivity index (χ2v) is 6.32. The summed E-state index contributed by atoms with van der Waals surface area (Å²) in [5.41, 5.74) is 4.18. The molecule has 0 saturated heterocycles. The van der Waals surface area contributed by atoms with E-state index in [4.69, 9.17) is 5.73 Å². The average Bonchev–Trinajstić information content (AvgIpc) is 2.59. The Kier molecular flexibility index (Phi) is 3.22. The molecule has 0 spiro atoms. The Morgan fingerprint density at radius 1 is 1.32 bits per heavy atom. The van der Waals surface area contributed by atoms with Crippen LogP contribution in [0.3, 0.4) is 0 Å². The third-order valence-corrected chi connectivity index (χ3v) is 5.17. The number of fused-ring (bicyclic) bond motifs is 1. The molecular weight excluding hydrogens is 279 g/mol. The van der Waals surface area contributed by atoms with Crippen molar-refractivity contribution in [1.82, 2.24) is 0 Å². The molecule has 0 aromatic heterocycles. The normalized spacial score (nSPS) is 18.9. The molecule has 0 fully saturated rings. The maximum atomic E-state index is 12.9. The predicted octanol–water partition coefficient (Wildman–Crippen LogP) is 2.43. The van der Waals surface area contributed by atoms with Gasteiger partial charge in [0.25, 0.3) is 0 Å². The molecule has 0 saturated carbocycles. The second kappa shape index (κ2) is 4.35. The fourth-order valence-electron chi connectivity index (χ4n) is 2.04. The summed E-state index contributed by atoms with van der Waals surface area (Å²) < 4.78 is 62.9. The second-order valence-electron chi connectivity index (χ2n) is 4.40. The van der Waals surface area contributed by atoms with E-state index in [0.29, 0.717) is 0 Å². The van der Waals surface area contributed by atoms with Gasteiger partial charge in [-0.2, -0.15) is 13.2 Å². The van der Waals surface area contributed by atoms with Crippen LogP contribution in [-0.2, 0) is 16.0 Å². The summed E-state index contributed by atoms with van der Waals surface area (Å²) in [5.74, 6) is -0.515. The van der Waals surface area contributed by atoms with Crippen LogP contribution in [0.2, 0.25) is 0 Å². The lowest BCUT2D eigenvalue weighted by atomic mass is 10.0. The number of benzene rings is 1. The summed E-state index contributed by atoms with van der Waals surface area (Å²) in [6, 6.07) is 3.16. The first-order chi connectivity index (χ1) is 8.69. The number of hydrogen-bond acceptors (Lipinski definition) is 3. The van der Waals surface area contributed by atoms with E-state index in [9.17, 15) is 21.6 Å². The van der Waals surface area contributed by atoms with E-state index in [1.165, 1.54) is 6.07 Å². The summed E-state index contributed by atoms with van der Waals surface area (Å²) in [5, 5.41) is 0. The molecule has 0 bridgehead atoms. The quantitative estimate of drug-likeness (QED) is 0.910. The van der Waals surface area contributed by atoms with Crippen LogP contribution >= 0.6 is 0 Å². The number of alkyl halides is 3. The lowest BCUT2D eigenvalue weighted by Crippen LogP contribution is -2.17. The van der Waals surface area contributed by atoms with Gasteiger partial charge in [0.15, 0.2) is 0 Å². The first-order valence-corrected chi connectivity index (χ1v) is 7.05. The largest absolute Gasteiger partial charge is 0.417 e. The third-order valence-electron chi connectivity index (χ3n) is 3.10. The van der Waals surface area contributed by atoms with Crippen molar-refractivity contribution in [2.45, 2.75) is 18.0 Å². The van der Waals surface area contributed by atoms with Crippen LogP contribution in [0.25, 0.3) is 6.08 Å². The van der Waals surface area contributed by atoms with Gasteiger partial charge in [0, 0.05) is 11.5 Å². The zero-order valence-electron chi connectivity index (χ0n) is 10.0. The van der Waals surface area contributed by atoms with E-state index in [-0.39, 0.29) is 21.9 Å². The van der Waals surface area contributed by atoms with Gasteiger partial charge < -0.3 is 5.73 Å². The van der Waals surface area contributed by atoms with Gasteiger partial charge in [-0.05, 0) is 24.8 Å². The molecule has 0 radical (unpaired) electrons. The van der Waals surface area contributed by atoms with E-state index < -0.39 is 27.5 Å². The van der Waals surface area contributed by atoms with E-state index in [1.54, 1.807) is 6.92 Å². The molecular formula is C12H12F3NO2S. The van der Waals surface area contributed by atoms with Gasteiger partial charge in [0.2, 0.25) is 9.84 Å². The van der Waals surface area contributed by atoms with E-state index >= 15 is 0 Å². The highest BCUT2D eigenvalue weighted by Gasteiger charge is 2.40. The summed E-state index contributed by atoms with van der Waals surface area (Å²) in [6.07, 6.45) is -3.50. The Bertz CT molecular complexity index is 647. The van der Waals surface area contributed by atoms with Gasteiger partial charge in [0.05, 0.1) is 15.4 Å². The van der Waals surface area contributed by atoms with Crippen LogP contribution in [0, 0.1) is 5.92 Å². The molecule has 1 atom stereocenters. The highest BCUT2D eigenvalue weighted by molar-refractivity contribution is 7.95. The molecule has 0 aliphatic carbocycles. The monoisotopic (exact) mass is 291 g/mol. The zero-order chi connectivity index (χ0) is 14.4. The van der Waals surface area contributed by atoms with Crippen molar-refractivity contribution in [2.75, 3.05) is 6.54 Å². The van der Waals surface area contributed by atoms with Crippen molar-refractivity contribution in [2.24, 2.45) is 11.7 Å². The Morgan fingerprint density at radius 2 is 1.95 bits per heavy atom. The van der Waals surface area contributed by atoms with Crippen LogP contribution in [0.1, 0.15) is 18.1 Å². The average molecular weight is 291 g/mol. The SMILES string of the molecule is CC(CN)C1=Cc2c(C(F)(F)F)cccc2S1(=O)=O. The van der Waals surface area contributed by atoms with Crippen molar-refractivity contribution < 1.29 is 21.6 Å². The molecule has 1 aliphatic heterocycles. The van der Waals surface area contributed by atoms with E-state index in [1.807, 2.05) is 0 Å². The summed E-state index contributed by atoms with van der Waals surface area (Å²) in [7, 11) is -3.86. The first kappa shape index (κ1) is 14.1. The molecule has 1 aromatic rings. The standard InChI is InChI=1S/C12H12F3NO2S/c1-7(6-16)11-5-8-9(12(13,14)15)3-2-4-10(8)19(11,17)18/h2-5,7H,6,16H2,1H3. The maximum absolute atomic E-state index is 12.9. The van der Waals surface area contributed by atoms with Crippen LogP contribution in [0.15, 0.2) is 28.0 Å². The Labute approximate surface area is 108 Å². The van der Waals surface area contributed by atoms with Gasteiger partial charge >= 0.3 is 6.18 Å². The van der Waals surface area contributed by atoms with Crippen LogP contribution in [-0.4, -0.2) is 15.0 Å². The summed E-state index contributed by atoms with van der Waals surface area (Å²) in [4.78, 5) is -0.348. The summed E-state index contributed by atoms with van der Waals surface area (Å²) >= 11 is 0. The highest BCUT2D eigenvalue weighted by Crippen LogP contribution is 2.42. The number of nitrogens with two attached hydrogens (primary N) is 1. The van der Waals surface area contributed by atoms with Crippen LogP contribution in [0.5, 0.6) is 0 Å². The predicted molar refractivity (Wildman–Crippen MR) is 64.8 cm³/mol. The fourth-order valence-corrected chi connectivity index (χ4v) is 3.91. The van der Waals surface area contributed by atoms with Gasteiger partial charge in [-0.25, -0.2) is 8.42 Å². The number of halogens is 3. The van der Waals surface area contributed by atoms with Crippen molar-refractivity contribution in [1.29, 1.82) is 0 Å². The Balaban J connectivity index is 2.71. The van der Waals surface area contributed by atoms with E-state index in [0.717, 1.165) is 18.2 Å². The van der Waals surface area contributed by atoms with Crippen molar-refractivity contribution >= 4 is 15.9 Å². The van der Waals surface area contributed by atoms with Crippen molar-refractivity contribution in [3.8, 4) is 0 Å². The molecule has 19 heavy (non-hydrogen) atoms. The Hall–Kier alpha value is -1.34. The topological polar surface area (TPSA) is 60.2 Å². The smallest absolute Gasteiger partial charge is 0.330 e. The van der Waals surface area contributed by atoms with Gasteiger partial charge in [-0.3, -0.25) is 0 Å². The molecule has 104 valence electrons. The molecule has 0 amide bonds. The molecule has 1 aromatic carbocycles. The molecule has 1 aliphatic rings. The maximum Gasteiger partial charge on any atom is 0.417 e. The van der Waals surface area contributed by atoms with Crippen molar-refractivity contribution in [3.63, 3.8) is 0 Å². The minimum absolute atomic E-state index is 0.0540. The van der Waals surface area contributed by atoms with E-state index in [2.05, 4.69) is 0 Å². The minimum Gasteiger partial charge on any atom is -0.330 e. The first-order valence-electron chi connectivity index (χ1n) is 5.56. The van der Waals surface area contributed by atoms with Crippen LogP contribution in [0.4, 0.5) is 13.2 Å². The molecule has 2 rings (SSSR count). The molecule has 7 heteroatoms.